The quantitative estimate of drug-likeness (QED) is 0.699. The molecule has 1 amide bonds. The summed E-state index contributed by atoms with van der Waals surface area (Å²) in [5.74, 6) is -0.658. The van der Waals surface area contributed by atoms with Gasteiger partial charge in [-0.05, 0) is 24.3 Å². The molecule has 2 heterocycles. The third-order valence-electron chi connectivity index (χ3n) is 2.46. The molecule has 1 aromatic heterocycles. The van der Waals surface area contributed by atoms with E-state index in [-0.39, 0.29) is 16.2 Å². The summed E-state index contributed by atoms with van der Waals surface area (Å²) in [6, 6.07) is 1.32. The SMILES string of the molecule is O=C(c1sccc1F)N1CCCC(Cl)C1. The van der Waals surface area contributed by atoms with Crippen molar-refractivity contribution < 1.29 is 9.18 Å². The van der Waals surface area contributed by atoms with Crippen LogP contribution in [0.3, 0.4) is 0 Å². The van der Waals surface area contributed by atoms with E-state index >= 15 is 0 Å². The second-order valence-electron chi connectivity index (χ2n) is 3.59. The van der Waals surface area contributed by atoms with E-state index in [0.717, 1.165) is 24.2 Å². The minimum Gasteiger partial charge on any atom is -0.336 e. The first-order valence-electron chi connectivity index (χ1n) is 4.85. The Kier molecular flexibility index (Phi) is 3.26. The third-order valence-corrected chi connectivity index (χ3v) is 3.70. The van der Waals surface area contributed by atoms with E-state index in [1.54, 1.807) is 10.3 Å². The summed E-state index contributed by atoms with van der Waals surface area (Å²) in [6.45, 7) is 1.21. The fraction of sp³-hybridized carbons (Fsp3) is 0.500. The molecule has 82 valence electrons. The van der Waals surface area contributed by atoms with Gasteiger partial charge in [0, 0.05) is 13.1 Å². The summed E-state index contributed by atoms with van der Waals surface area (Å²) in [5, 5.41) is 1.59. The fourth-order valence-corrected chi connectivity index (χ4v) is 2.75. The van der Waals surface area contributed by atoms with Crippen molar-refractivity contribution in [2.45, 2.75) is 18.2 Å². The molecule has 0 radical (unpaired) electrons. The van der Waals surface area contributed by atoms with Gasteiger partial charge in [0.15, 0.2) is 0 Å². The number of hydrogen-bond acceptors (Lipinski definition) is 2. The molecule has 0 saturated carbocycles. The molecule has 1 fully saturated rings. The van der Waals surface area contributed by atoms with Crippen molar-refractivity contribution in [3.05, 3.63) is 22.1 Å². The first-order valence-corrected chi connectivity index (χ1v) is 6.16. The lowest BCUT2D eigenvalue weighted by molar-refractivity contribution is 0.0727. The number of thiophene rings is 1. The number of piperidine rings is 1. The molecule has 0 N–H and O–H groups in total. The molecular weight excluding hydrogens is 237 g/mol. The van der Waals surface area contributed by atoms with Crippen LogP contribution < -0.4 is 0 Å². The maximum Gasteiger partial charge on any atom is 0.266 e. The van der Waals surface area contributed by atoms with Gasteiger partial charge in [0.25, 0.3) is 5.91 Å². The lowest BCUT2D eigenvalue weighted by Gasteiger charge is -2.29. The van der Waals surface area contributed by atoms with Crippen LogP contribution in [-0.2, 0) is 0 Å². The van der Waals surface area contributed by atoms with Crippen molar-refractivity contribution in [1.82, 2.24) is 4.90 Å². The topological polar surface area (TPSA) is 20.3 Å². The molecule has 15 heavy (non-hydrogen) atoms. The third kappa shape index (κ3) is 2.32. The standard InChI is InChI=1S/C10H11ClFNOS/c11-7-2-1-4-13(6-7)10(14)9-8(12)3-5-15-9/h3,5,7H,1-2,4,6H2. The fourth-order valence-electron chi connectivity index (χ4n) is 1.70. The summed E-state index contributed by atoms with van der Waals surface area (Å²) >= 11 is 7.12. The van der Waals surface area contributed by atoms with Gasteiger partial charge < -0.3 is 4.90 Å². The van der Waals surface area contributed by atoms with Gasteiger partial charge >= 0.3 is 0 Å². The Morgan fingerprint density at radius 2 is 2.47 bits per heavy atom. The minimum atomic E-state index is -0.429. The van der Waals surface area contributed by atoms with Crippen LogP contribution in [0.2, 0.25) is 0 Å². The average molecular weight is 248 g/mol. The van der Waals surface area contributed by atoms with E-state index in [4.69, 9.17) is 11.6 Å². The number of nitrogens with zero attached hydrogens (tertiary/aromatic N) is 1. The molecule has 2 nitrogen and oxygen atoms in total. The summed E-state index contributed by atoms with van der Waals surface area (Å²) in [6.07, 6.45) is 1.82. The van der Waals surface area contributed by atoms with Gasteiger partial charge in [-0.2, -0.15) is 0 Å². The second-order valence-corrected chi connectivity index (χ2v) is 5.12. The monoisotopic (exact) mass is 247 g/mol. The summed E-state index contributed by atoms with van der Waals surface area (Å²) in [7, 11) is 0. The van der Waals surface area contributed by atoms with Gasteiger partial charge in [-0.25, -0.2) is 4.39 Å². The average Bonchev–Trinajstić information content (AvgIpc) is 2.63. The Labute approximate surface area is 96.6 Å². The van der Waals surface area contributed by atoms with E-state index in [1.165, 1.54) is 6.07 Å². The molecule has 5 heteroatoms. The second kappa shape index (κ2) is 4.49. The molecule has 2 rings (SSSR count). The number of alkyl halides is 1. The van der Waals surface area contributed by atoms with E-state index in [1.807, 2.05) is 0 Å². The first kappa shape index (κ1) is 10.9. The predicted molar refractivity (Wildman–Crippen MR) is 59.1 cm³/mol. The highest BCUT2D eigenvalue weighted by Crippen LogP contribution is 2.21. The molecular formula is C10H11ClFNOS. The van der Waals surface area contributed by atoms with Gasteiger partial charge in [0.05, 0.1) is 5.38 Å². The number of rotatable bonds is 1. The number of hydrogen-bond donors (Lipinski definition) is 0. The Morgan fingerprint density at radius 1 is 1.67 bits per heavy atom. The summed E-state index contributed by atoms with van der Waals surface area (Å²) in [4.78, 5) is 13.7. The van der Waals surface area contributed by atoms with Gasteiger partial charge in [0.2, 0.25) is 0 Å². The first-order chi connectivity index (χ1) is 7.18. The Bertz CT molecular complexity index is 368. The van der Waals surface area contributed by atoms with Crippen molar-refractivity contribution in [3.63, 3.8) is 0 Å². The highest BCUT2D eigenvalue weighted by molar-refractivity contribution is 7.12. The zero-order valence-corrected chi connectivity index (χ0v) is 9.65. The number of likely N-dealkylation sites (tertiary alicyclic amines) is 1. The van der Waals surface area contributed by atoms with Crippen LogP contribution in [0.1, 0.15) is 22.5 Å². The maximum absolute atomic E-state index is 13.2. The van der Waals surface area contributed by atoms with Crippen LogP contribution in [0.5, 0.6) is 0 Å². The van der Waals surface area contributed by atoms with E-state index in [0.29, 0.717) is 13.1 Å². The van der Waals surface area contributed by atoms with E-state index in [9.17, 15) is 9.18 Å². The molecule has 1 aliphatic rings. The van der Waals surface area contributed by atoms with Gasteiger partial charge in [-0.1, -0.05) is 0 Å². The van der Waals surface area contributed by atoms with E-state index < -0.39 is 5.82 Å². The zero-order valence-electron chi connectivity index (χ0n) is 8.08. The van der Waals surface area contributed by atoms with Crippen LogP contribution in [0.25, 0.3) is 0 Å². The van der Waals surface area contributed by atoms with Crippen molar-refractivity contribution >= 4 is 28.8 Å². The molecule has 1 atom stereocenters. The van der Waals surface area contributed by atoms with Gasteiger partial charge in [-0.15, -0.1) is 22.9 Å². The van der Waals surface area contributed by atoms with Crippen LogP contribution >= 0.6 is 22.9 Å². The van der Waals surface area contributed by atoms with Crippen molar-refractivity contribution in [3.8, 4) is 0 Å². The Morgan fingerprint density at radius 3 is 3.07 bits per heavy atom. The van der Waals surface area contributed by atoms with Crippen LogP contribution in [-0.4, -0.2) is 29.3 Å². The number of carbonyl (C=O) groups excluding carboxylic acids is 1. The largest absolute Gasteiger partial charge is 0.336 e. The number of halogens is 2. The van der Waals surface area contributed by atoms with Crippen molar-refractivity contribution in [2.24, 2.45) is 0 Å². The van der Waals surface area contributed by atoms with E-state index in [2.05, 4.69) is 0 Å². The molecule has 1 aliphatic heterocycles. The van der Waals surface area contributed by atoms with Gasteiger partial charge in [-0.3, -0.25) is 4.79 Å². The number of amides is 1. The normalized spacial score (nSPS) is 21.7. The lowest BCUT2D eigenvalue weighted by atomic mass is 10.1. The molecule has 1 saturated heterocycles. The number of carbonyl (C=O) groups is 1. The molecule has 0 aromatic carbocycles. The summed E-state index contributed by atoms with van der Waals surface area (Å²) in [5.41, 5.74) is 0. The maximum atomic E-state index is 13.2. The molecule has 1 unspecified atom stereocenters. The van der Waals surface area contributed by atoms with Crippen molar-refractivity contribution in [2.75, 3.05) is 13.1 Å². The Balaban J connectivity index is 2.11. The van der Waals surface area contributed by atoms with Crippen LogP contribution in [0, 0.1) is 5.82 Å². The Hall–Kier alpha value is -0.610. The molecule has 0 aliphatic carbocycles. The van der Waals surface area contributed by atoms with Crippen LogP contribution in [0.15, 0.2) is 11.4 Å². The summed E-state index contributed by atoms with van der Waals surface area (Å²) < 4.78 is 13.2. The highest BCUT2D eigenvalue weighted by atomic mass is 35.5. The molecule has 0 bridgehead atoms. The smallest absolute Gasteiger partial charge is 0.266 e. The van der Waals surface area contributed by atoms with Gasteiger partial charge in [0.1, 0.15) is 10.7 Å². The van der Waals surface area contributed by atoms with Crippen LogP contribution in [0.4, 0.5) is 4.39 Å². The molecule has 1 aromatic rings. The zero-order chi connectivity index (χ0) is 10.8. The lowest BCUT2D eigenvalue weighted by Crippen LogP contribution is -2.40. The highest BCUT2D eigenvalue weighted by Gasteiger charge is 2.25. The predicted octanol–water partition coefficient (Wildman–Crippen LogP) is 2.73. The minimum absolute atomic E-state index is 0.00530. The van der Waals surface area contributed by atoms with Crippen molar-refractivity contribution in [1.29, 1.82) is 0 Å². The molecule has 0 spiro atoms.